The molecule has 2 unspecified atom stereocenters. The van der Waals surface area contributed by atoms with Gasteiger partial charge in [-0.3, -0.25) is 4.79 Å². The van der Waals surface area contributed by atoms with Gasteiger partial charge in [-0.05, 0) is 25.5 Å². The predicted octanol–water partition coefficient (Wildman–Crippen LogP) is 1.70. The van der Waals surface area contributed by atoms with Gasteiger partial charge in [0.25, 0.3) is 5.91 Å². The molecule has 1 aliphatic rings. The van der Waals surface area contributed by atoms with Gasteiger partial charge in [-0.25, -0.2) is 8.78 Å². The number of nitrogens with two attached hydrogens (primary N) is 1. The third-order valence-corrected chi connectivity index (χ3v) is 3.40. The third kappa shape index (κ3) is 3.01. The molecular weight excluding hydrogens is 254 g/mol. The maximum atomic E-state index is 13.2. The normalized spacial score (nSPS) is 22.5. The van der Waals surface area contributed by atoms with Gasteiger partial charge >= 0.3 is 0 Å². The molecule has 0 aliphatic carbocycles. The third-order valence-electron chi connectivity index (χ3n) is 3.40. The molecule has 1 aliphatic heterocycles. The largest absolute Gasteiger partial charge is 0.394 e. The topological polar surface area (TPSA) is 64.3 Å². The summed E-state index contributed by atoms with van der Waals surface area (Å²) in [4.78, 5) is 11.8. The molecule has 1 saturated heterocycles. The van der Waals surface area contributed by atoms with Gasteiger partial charge in [-0.2, -0.15) is 0 Å². The van der Waals surface area contributed by atoms with E-state index < -0.39 is 23.2 Å². The van der Waals surface area contributed by atoms with E-state index in [1.54, 1.807) is 0 Å². The van der Waals surface area contributed by atoms with E-state index in [0.29, 0.717) is 13.2 Å². The minimum Gasteiger partial charge on any atom is -0.394 e. The lowest BCUT2D eigenvalue weighted by Crippen LogP contribution is -2.32. The Morgan fingerprint density at radius 3 is 2.63 bits per heavy atom. The standard InChI is InChI=1S/C13H16F2N2O2/c1-7-8(2-3-19-7)6-17-13(18)9-4-10(14)12(16)11(15)5-9/h4-5,7-8H,2-3,6,16H2,1H3,(H,17,18). The Labute approximate surface area is 109 Å². The van der Waals surface area contributed by atoms with Gasteiger partial charge in [0.05, 0.1) is 6.10 Å². The van der Waals surface area contributed by atoms with Crippen LogP contribution in [0.4, 0.5) is 14.5 Å². The van der Waals surface area contributed by atoms with Crippen molar-refractivity contribution in [1.29, 1.82) is 0 Å². The lowest BCUT2D eigenvalue weighted by molar-refractivity contribution is 0.0906. The smallest absolute Gasteiger partial charge is 0.251 e. The first-order chi connectivity index (χ1) is 8.99. The number of hydrogen-bond donors (Lipinski definition) is 2. The molecule has 104 valence electrons. The summed E-state index contributed by atoms with van der Waals surface area (Å²) in [5.74, 6) is -2.14. The first kappa shape index (κ1) is 13.7. The SMILES string of the molecule is CC1OCCC1CNC(=O)c1cc(F)c(N)c(F)c1. The summed E-state index contributed by atoms with van der Waals surface area (Å²) in [6.45, 7) is 3.03. The second kappa shape index (κ2) is 5.52. The van der Waals surface area contributed by atoms with Crippen LogP contribution in [0, 0.1) is 17.6 Å². The molecule has 4 nitrogen and oxygen atoms in total. The number of anilines is 1. The molecule has 19 heavy (non-hydrogen) atoms. The maximum absolute atomic E-state index is 13.2. The number of nitrogen functional groups attached to an aromatic ring is 1. The van der Waals surface area contributed by atoms with E-state index in [2.05, 4.69) is 5.32 Å². The molecule has 1 aromatic rings. The maximum Gasteiger partial charge on any atom is 0.251 e. The summed E-state index contributed by atoms with van der Waals surface area (Å²) in [5, 5.41) is 2.65. The van der Waals surface area contributed by atoms with Gasteiger partial charge in [-0.1, -0.05) is 0 Å². The van der Waals surface area contributed by atoms with E-state index in [0.717, 1.165) is 18.6 Å². The summed E-state index contributed by atoms with van der Waals surface area (Å²) < 4.78 is 31.8. The van der Waals surface area contributed by atoms with Crippen LogP contribution in [-0.4, -0.2) is 25.2 Å². The van der Waals surface area contributed by atoms with E-state index in [4.69, 9.17) is 10.5 Å². The quantitative estimate of drug-likeness (QED) is 0.822. The van der Waals surface area contributed by atoms with Gasteiger partial charge in [0.1, 0.15) is 17.3 Å². The Balaban J connectivity index is 2.00. The van der Waals surface area contributed by atoms with Crippen molar-refractivity contribution >= 4 is 11.6 Å². The molecule has 1 amide bonds. The fraction of sp³-hybridized carbons (Fsp3) is 0.462. The molecule has 0 bridgehead atoms. The van der Waals surface area contributed by atoms with Crippen molar-refractivity contribution < 1.29 is 18.3 Å². The predicted molar refractivity (Wildman–Crippen MR) is 66.6 cm³/mol. The van der Waals surface area contributed by atoms with Gasteiger partial charge in [0.2, 0.25) is 0 Å². The number of amides is 1. The number of nitrogens with one attached hydrogen (secondary N) is 1. The average molecular weight is 270 g/mol. The average Bonchev–Trinajstić information content (AvgIpc) is 2.78. The molecule has 0 saturated carbocycles. The Kier molecular flexibility index (Phi) is 3.99. The van der Waals surface area contributed by atoms with E-state index in [9.17, 15) is 13.6 Å². The number of halogens is 2. The molecule has 1 heterocycles. The van der Waals surface area contributed by atoms with Crippen LogP contribution in [0.5, 0.6) is 0 Å². The Hall–Kier alpha value is -1.69. The van der Waals surface area contributed by atoms with Gasteiger partial charge in [-0.15, -0.1) is 0 Å². The van der Waals surface area contributed by atoms with Crippen LogP contribution in [0.3, 0.4) is 0 Å². The van der Waals surface area contributed by atoms with E-state index >= 15 is 0 Å². The number of carbonyl (C=O) groups is 1. The highest BCUT2D eigenvalue weighted by Gasteiger charge is 2.24. The van der Waals surface area contributed by atoms with Crippen molar-refractivity contribution in [1.82, 2.24) is 5.32 Å². The monoisotopic (exact) mass is 270 g/mol. The summed E-state index contributed by atoms with van der Waals surface area (Å²) in [5.41, 5.74) is 4.50. The van der Waals surface area contributed by atoms with Crippen LogP contribution < -0.4 is 11.1 Å². The molecule has 0 radical (unpaired) electrons. The fourth-order valence-corrected chi connectivity index (χ4v) is 2.09. The van der Waals surface area contributed by atoms with Crippen molar-refractivity contribution in [2.75, 3.05) is 18.9 Å². The lowest BCUT2D eigenvalue weighted by atomic mass is 10.0. The first-order valence-electron chi connectivity index (χ1n) is 6.13. The van der Waals surface area contributed by atoms with Crippen molar-refractivity contribution in [3.05, 3.63) is 29.3 Å². The molecule has 1 aromatic carbocycles. The van der Waals surface area contributed by atoms with E-state index in [1.807, 2.05) is 6.92 Å². The van der Waals surface area contributed by atoms with Gasteiger partial charge in [0.15, 0.2) is 0 Å². The Bertz CT molecular complexity index is 471. The Morgan fingerprint density at radius 1 is 1.47 bits per heavy atom. The van der Waals surface area contributed by atoms with Gasteiger partial charge < -0.3 is 15.8 Å². The highest BCUT2D eigenvalue weighted by atomic mass is 19.1. The van der Waals surface area contributed by atoms with Gasteiger partial charge in [0, 0.05) is 24.6 Å². The molecule has 0 spiro atoms. The highest BCUT2D eigenvalue weighted by Crippen LogP contribution is 2.20. The molecule has 1 fully saturated rings. The van der Waals surface area contributed by atoms with Crippen LogP contribution in [0.2, 0.25) is 0 Å². The molecule has 0 aromatic heterocycles. The van der Waals surface area contributed by atoms with Crippen LogP contribution in [0.25, 0.3) is 0 Å². The number of rotatable bonds is 3. The number of hydrogen-bond acceptors (Lipinski definition) is 3. The fourth-order valence-electron chi connectivity index (χ4n) is 2.09. The summed E-state index contributed by atoms with van der Waals surface area (Å²) >= 11 is 0. The summed E-state index contributed by atoms with van der Waals surface area (Å²) in [6, 6.07) is 1.87. The van der Waals surface area contributed by atoms with Crippen molar-refractivity contribution in [2.24, 2.45) is 5.92 Å². The van der Waals surface area contributed by atoms with Crippen molar-refractivity contribution in [3.8, 4) is 0 Å². The molecule has 3 N–H and O–H groups in total. The summed E-state index contributed by atoms with van der Waals surface area (Å²) in [6.07, 6.45) is 0.950. The zero-order valence-corrected chi connectivity index (χ0v) is 10.6. The molecule has 2 rings (SSSR count). The lowest BCUT2D eigenvalue weighted by Gasteiger charge is -2.14. The summed E-state index contributed by atoms with van der Waals surface area (Å²) in [7, 11) is 0. The molecule has 6 heteroatoms. The zero-order valence-electron chi connectivity index (χ0n) is 10.6. The van der Waals surface area contributed by atoms with Crippen molar-refractivity contribution in [3.63, 3.8) is 0 Å². The second-order valence-electron chi connectivity index (χ2n) is 4.69. The zero-order chi connectivity index (χ0) is 14.0. The van der Waals surface area contributed by atoms with Crippen LogP contribution in [0.1, 0.15) is 23.7 Å². The molecular formula is C13H16F2N2O2. The molecule has 2 atom stereocenters. The van der Waals surface area contributed by atoms with E-state index in [-0.39, 0.29) is 17.6 Å². The highest BCUT2D eigenvalue weighted by molar-refractivity contribution is 5.94. The van der Waals surface area contributed by atoms with Crippen molar-refractivity contribution in [2.45, 2.75) is 19.4 Å². The van der Waals surface area contributed by atoms with E-state index in [1.165, 1.54) is 0 Å². The number of carbonyl (C=O) groups excluding carboxylic acids is 1. The van der Waals surface area contributed by atoms with Crippen LogP contribution in [-0.2, 0) is 4.74 Å². The van der Waals surface area contributed by atoms with Crippen LogP contribution >= 0.6 is 0 Å². The second-order valence-corrected chi connectivity index (χ2v) is 4.69. The number of ether oxygens (including phenoxy) is 1. The number of benzene rings is 1. The minimum absolute atomic E-state index is 0.0734. The Morgan fingerprint density at radius 2 is 2.11 bits per heavy atom. The first-order valence-corrected chi connectivity index (χ1v) is 6.13. The minimum atomic E-state index is -0.928. The van der Waals surface area contributed by atoms with Crippen LogP contribution in [0.15, 0.2) is 12.1 Å².